The number of rotatable bonds is 8. The van der Waals surface area contributed by atoms with Crippen molar-refractivity contribution in [3.63, 3.8) is 0 Å². The first-order chi connectivity index (χ1) is 11.5. The molecule has 0 heterocycles. The molecule has 0 aliphatic carbocycles. The number of benzene rings is 2. The summed E-state index contributed by atoms with van der Waals surface area (Å²) in [5, 5.41) is 3.02. The lowest BCUT2D eigenvalue weighted by Crippen LogP contribution is -2.09. The van der Waals surface area contributed by atoms with Crippen molar-refractivity contribution in [1.29, 1.82) is 0 Å². The highest BCUT2D eigenvalue weighted by molar-refractivity contribution is 6.55. The number of ether oxygens (including phenoxy) is 2. The van der Waals surface area contributed by atoms with Crippen LogP contribution in [0.15, 0.2) is 59.1 Å². The highest BCUT2D eigenvalue weighted by Gasteiger charge is 2.00. The van der Waals surface area contributed by atoms with E-state index in [1.54, 1.807) is 25.1 Å². The van der Waals surface area contributed by atoms with Gasteiger partial charge in [-0.05, 0) is 61.5 Å². The summed E-state index contributed by atoms with van der Waals surface area (Å²) in [6, 6.07) is 14.6. The average Bonchev–Trinajstić information content (AvgIpc) is 2.55. The fourth-order valence-corrected chi connectivity index (χ4v) is 1.93. The zero-order chi connectivity index (χ0) is 17.4. The van der Waals surface area contributed by atoms with Crippen LogP contribution >= 0.6 is 23.2 Å². The van der Waals surface area contributed by atoms with Crippen LogP contribution < -0.4 is 14.8 Å². The van der Waals surface area contributed by atoms with Gasteiger partial charge in [-0.25, -0.2) is 0 Å². The van der Waals surface area contributed by atoms with Gasteiger partial charge in [-0.3, -0.25) is 4.79 Å². The van der Waals surface area contributed by atoms with E-state index >= 15 is 0 Å². The Kier molecular flexibility index (Phi) is 6.97. The average molecular weight is 366 g/mol. The predicted octanol–water partition coefficient (Wildman–Crippen LogP) is 5.18. The molecule has 0 atom stereocenters. The summed E-state index contributed by atoms with van der Waals surface area (Å²) in [5.74, 6) is 2.17. The topological polar surface area (TPSA) is 47.6 Å². The van der Waals surface area contributed by atoms with E-state index < -0.39 is 0 Å². The van der Waals surface area contributed by atoms with E-state index in [-0.39, 0.29) is 10.3 Å². The van der Waals surface area contributed by atoms with Crippen molar-refractivity contribution in [2.45, 2.75) is 6.92 Å². The molecule has 0 saturated heterocycles. The minimum atomic E-state index is 0.0847. The Labute approximate surface area is 151 Å². The summed E-state index contributed by atoms with van der Waals surface area (Å²) in [6.07, 6.45) is 1.56. The first kappa shape index (κ1) is 18.2. The van der Waals surface area contributed by atoms with Gasteiger partial charge in [0.1, 0.15) is 34.1 Å². The van der Waals surface area contributed by atoms with Gasteiger partial charge < -0.3 is 14.8 Å². The van der Waals surface area contributed by atoms with Gasteiger partial charge in [0.2, 0.25) is 0 Å². The number of carbonyl (C=O) groups is 1. The molecule has 0 spiro atoms. The molecule has 0 unspecified atom stereocenters. The molecule has 0 bridgehead atoms. The first-order valence-electron chi connectivity index (χ1n) is 7.28. The molecule has 2 aromatic carbocycles. The summed E-state index contributed by atoms with van der Waals surface area (Å²) in [6.45, 7) is 2.15. The van der Waals surface area contributed by atoms with E-state index in [0.717, 1.165) is 5.69 Å². The minimum absolute atomic E-state index is 0.0847. The smallest absolute Gasteiger partial charge is 0.148 e. The second kappa shape index (κ2) is 9.21. The van der Waals surface area contributed by atoms with Gasteiger partial charge in [-0.15, -0.1) is 0 Å². The molecule has 0 radical (unpaired) electrons. The summed E-state index contributed by atoms with van der Waals surface area (Å²) >= 11 is 11.0. The molecular weight excluding hydrogens is 349 g/mol. The maximum Gasteiger partial charge on any atom is 0.148 e. The monoisotopic (exact) mass is 365 g/mol. The normalized spacial score (nSPS) is 9.96. The van der Waals surface area contributed by atoms with Gasteiger partial charge in [0.15, 0.2) is 0 Å². The number of anilines is 1. The van der Waals surface area contributed by atoms with Crippen molar-refractivity contribution in [3.05, 3.63) is 59.1 Å². The van der Waals surface area contributed by atoms with Crippen LogP contribution in [0.5, 0.6) is 17.2 Å². The van der Waals surface area contributed by atoms with Crippen LogP contribution in [0.3, 0.4) is 0 Å². The van der Waals surface area contributed by atoms with Gasteiger partial charge in [0, 0.05) is 5.69 Å². The Morgan fingerprint density at radius 2 is 1.54 bits per heavy atom. The third-order valence-electron chi connectivity index (χ3n) is 2.94. The molecule has 126 valence electrons. The number of carbonyl (C=O) groups excluding carboxylic acids is 1. The molecule has 4 nitrogen and oxygen atoms in total. The summed E-state index contributed by atoms with van der Waals surface area (Å²) in [5.41, 5.74) is 0.868. The van der Waals surface area contributed by atoms with Crippen LogP contribution in [-0.2, 0) is 4.79 Å². The molecule has 1 N–H and O–H groups in total. The number of Topliss-reactive ketones (excluding diaryl/α,β-unsaturated/α-hetero) is 1. The second-order valence-electron chi connectivity index (χ2n) is 4.96. The molecule has 0 aliphatic heterocycles. The Hall–Kier alpha value is -2.17. The molecule has 0 fully saturated rings. The van der Waals surface area contributed by atoms with Crippen LogP contribution in [-0.4, -0.2) is 18.9 Å². The Balaban J connectivity index is 1.89. The molecule has 2 aromatic rings. The zero-order valence-electron chi connectivity index (χ0n) is 13.1. The van der Waals surface area contributed by atoms with E-state index in [9.17, 15) is 4.79 Å². The standard InChI is InChI=1S/C18H17Cl2NO3/c1-13(22)12-21-14-2-4-16(5-3-14)24-17-8-6-15(7-9-17)23-11-10-18(19)20/h2-10,21H,11-12H2,1H3. The minimum Gasteiger partial charge on any atom is -0.489 e. The number of hydrogen-bond acceptors (Lipinski definition) is 4. The summed E-state index contributed by atoms with van der Waals surface area (Å²) in [7, 11) is 0. The quantitative estimate of drug-likeness (QED) is 0.700. The maximum absolute atomic E-state index is 10.9. The highest BCUT2D eigenvalue weighted by Crippen LogP contribution is 2.25. The molecular formula is C18H17Cl2NO3. The number of nitrogens with one attached hydrogen (secondary N) is 1. The molecule has 6 heteroatoms. The lowest BCUT2D eigenvalue weighted by Gasteiger charge is -2.09. The van der Waals surface area contributed by atoms with E-state index in [0.29, 0.717) is 30.4 Å². The predicted molar refractivity (Wildman–Crippen MR) is 97.4 cm³/mol. The third-order valence-corrected chi connectivity index (χ3v) is 3.25. The van der Waals surface area contributed by atoms with Crippen LogP contribution in [0, 0.1) is 0 Å². The van der Waals surface area contributed by atoms with Crippen molar-refractivity contribution < 1.29 is 14.3 Å². The van der Waals surface area contributed by atoms with E-state index in [4.69, 9.17) is 32.7 Å². The first-order valence-corrected chi connectivity index (χ1v) is 8.04. The molecule has 2 rings (SSSR count). The highest BCUT2D eigenvalue weighted by atomic mass is 35.5. The van der Waals surface area contributed by atoms with Crippen molar-refractivity contribution in [2.24, 2.45) is 0 Å². The van der Waals surface area contributed by atoms with Crippen LogP contribution in [0.4, 0.5) is 5.69 Å². The number of hydrogen-bond donors (Lipinski definition) is 1. The molecule has 0 amide bonds. The van der Waals surface area contributed by atoms with Gasteiger partial charge in [-0.2, -0.15) is 0 Å². The van der Waals surface area contributed by atoms with Crippen molar-refractivity contribution in [1.82, 2.24) is 0 Å². The molecule has 24 heavy (non-hydrogen) atoms. The van der Waals surface area contributed by atoms with E-state index in [2.05, 4.69) is 5.32 Å². The van der Waals surface area contributed by atoms with E-state index in [1.807, 2.05) is 36.4 Å². The van der Waals surface area contributed by atoms with Crippen LogP contribution in [0.2, 0.25) is 0 Å². The lowest BCUT2D eigenvalue weighted by atomic mass is 10.3. The summed E-state index contributed by atoms with van der Waals surface area (Å²) in [4.78, 5) is 10.9. The Bertz CT molecular complexity index is 693. The zero-order valence-corrected chi connectivity index (χ0v) is 14.6. The second-order valence-corrected chi connectivity index (χ2v) is 5.97. The molecule has 0 aliphatic rings. The third kappa shape index (κ3) is 6.52. The fraction of sp³-hybridized carbons (Fsp3) is 0.167. The van der Waals surface area contributed by atoms with Gasteiger partial charge in [0.05, 0.1) is 6.54 Å². The molecule has 0 saturated carbocycles. The van der Waals surface area contributed by atoms with Crippen molar-refractivity contribution in [3.8, 4) is 17.2 Å². The maximum atomic E-state index is 10.9. The summed E-state index contributed by atoms with van der Waals surface area (Å²) < 4.78 is 11.4. The lowest BCUT2D eigenvalue weighted by molar-refractivity contribution is -0.115. The largest absolute Gasteiger partial charge is 0.489 e. The van der Waals surface area contributed by atoms with Gasteiger partial charge in [-0.1, -0.05) is 23.2 Å². The van der Waals surface area contributed by atoms with Crippen molar-refractivity contribution >= 4 is 34.7 Å². The fourth-order valence-electron chi connectivity index (χ4n) is 1.81. The Morgan fingerprint density at radius 1 is 1.00 bits per heavy atom. The van der Waals surface area contributed by atoms with Crippen molar-refractivity contribution in [2.75, 3.05) is 18.5 Å². The number of ketones is 1. The van der Waals surface area contributed by atoms with Crippen LogP contribution in [0.1, 0.15) is 6.92 Å². The van der Waals surface area contributed by atoms with Gasteiger partial charge in [0.25, 0.3) is 0 Å². The SMILES string of the molecule is CC(=O)CNc1ccc(Oc2ccc(OCC=C(Cl)Cl)cc2)cc1. The number of halogens is 2. The van der Waals surface area contributed by atoms with Gasteiger partial charge >= 0.3 is 0 Å². The molecule has 0 aromatic heterocycles. The van der Waals surface area contributed by atoms with Crippen LogP contribution in [0.25, 0.3) is 0 Å². The Morgan fingerprint density at radius 3 is 2.08 bits per heavy atom. The van der Waals surface area contributed by atoms with E-state index in [1.165, 1.54) is 0 Å².